The Morgan fingerprint density at radius 1 is 0.795 bits per heavy atom. The van der Waals surface area contributed by atoms with E-state index in [1.807, 2.05) is 18.2 Å². The molecule has 8 heteroatoms. The second-order valence-electron chi connectivity index (χ2n) is 13.7. The van der Waals surface area contributed by atoms with Gasteiger partial charge in [-0.3, -0.25) is 0 Å². The standard InChI is InChI=1S/C9H8O4.2C9H8O2.C9H8/c1-2-8-6-5(10-6)3-9(8)7(11-9)4(1)12-13-8;1-2-5-8-6(10-8)4-9(5)7(3-1)11-9;1-2-4-9-6-8(10-11-9)5-7(9)3-1;1-2-5-9-7-3-6-8(9)4-1/h1-2,4-7H,3H2;1-3,6-8H,4H2;1-5,8H,6H2;1-6H,7H2. The van der Waals surface area contributed by atoms with Crippen molar-refractivity contribution in [3.63, 3.8) is 0 Å². The summed E-state index contributed by atoms with van der Waals surface area (Å²) in [6.45, 7) is 0. The van der Waals surface area contributed by atoms with Gasteiger partial charge in [-0.2, -0.15) is 0 Å². The quantitative estimate of drug-likeness (QED) is 0.248. The van der Waals surface area contributed by atoms with Crippen LogP contribution < -0.4 is 0 Å². The summed E-state index contributed by atoms with van der Waals surface area (Å²) in [5.41, 5.74) is 4.90. The number of benzene rings is 1. The van der Waals surface area contributed by atoms with Gasteiger partial charge in [-0.05, 0) is 46.9 Å². The molecule has 8 fully saturated rings. The molecule has 7 heterocycles. The Balaban J connectivity index is 0.0000000744. The van der Waals surface area contributed by atoms with Crippen LogP contribution in [0.4, 0.5) is 0 Å². The van der Waals surface area contributed by atoms with Crippen LogP contribution in [0.2, 0.25) is 0 Å². The van der Waals surface area contributed by atoms with E-state index in [0.717, 1.165) is 25.7 Å². The molecule has 12 unspecified atom stereocenters. The normalized spacial score (nSPS) is 51.2. The zero-order valence-electron chi connectivity index (χ0n) is 24.0. The van der Waals surface area contributed by atoms with Gasteiger partial charge in [0.15, 0.2) is 5.60 Å². The van der Waals surface area contributed by atoms with Crippen LogP contribution in [0.3, 0.4) is 0 Å². The molecule has 0 radical (unpaired) electrons. The number of rotatable bonds is 0. The topological polar surface area (TPSA) is 87.0 Å². The maximum absolute atomic E-state index is 5.78. The third-order valence-corrected chi connectivity index (χ3v) is 11.3. The number of fused-ring (bicyclic) bond motifs is 6. The molecule has 14 aliphatic rings. The van der Waals surface area contributed by atoms with Crippen molar-refractivity contribution >= 4 is 6.08 Å². The Morgan fingerprint density at radius 2 is 1.77 bits per heavy atom. The SMILES string of the molecule is C1=CC23OOC1C1OC12CC1OC13.C1=CC2=CC3CC2(C=C1)OO3.C1=CC2OC23CC2OC2C3=C1.C1=Cc2ccccc2C1. The summed E-state index contributed by atoms with van der Waals surface area (Å²) < 4.78 is 22.4. The highest BCUT2D eigenvalue weighted by atomic mass is 17.2. The summed E-state index contributed by atoms with van der Waals surface area (Å²) in [6.07, 6.45) is 31.6. The summed E-state index contributed by atoms with van der Waals surface area (Å²) in [5.74, 6) is 0. The van der Waals surface area contributed by atoms with E-state index in [-0.39, 0.29) is 41.2 Å². The van der Waals surface area contributed by atoms with E-state index >= 15 is 0 Å². The van der Waals surface area contributed by atoms with Crippen molar-refractivity contribution in [2.45, 2.75) is 96.9 Å². The molecule has 7 aliphatic heterocycles. The molecule has 44 heavy (non-hydrogen) atoms. The summed E-state index contributed by atoms with van der Waals surface area (Å²) in [4.78, 5) is 21.0. The van der Waals surface area contributed by atoms with Gasteiger partial charge in [-0.1, -0.05) is 78.9 Å². The van der Waals surface area contributed by atoms with E-state index in [4.69, 9.17) is 38.5 Å². The molecule has 0 aromatic heterocycles. The summed E-state index contributed by atoms with van der Waals surface area (Å²) in [7, 11) is 0. The highest BCUT2D eigenvalue weighted by Crippen LogP contribution is 2.69. The minimum Gasteiger partial charge on any atom is -0.366 e. The van der Waals surface area contributed by atoms with E-state index < -0.39 is 5.60 Å². The third kappa shape index (κ3) is 3.35. The van der Waals surface area contributed by atoms with Gasteiger partial charge in [0.25, 0.3) is 0 Å². The lowest BCUT2D eigenvalue weighted by molar-refractivity contribution is -0.397. The van der Waals surface area contributed by atoms with Gasteiger partial charge >= 0.3 is 0 Å². The summed E-state index contributed by atoms with van der Waals surface area (Å²) >= 11 is 0. The zero-order chi connectivity index (χ0) is 28.7. The molecule has 1 aromatic rings. The second-order valence-corrected chi connectivity index (χ2v) is 13.7. The Morgan fingerprint density at radius 3 is 2.61 bits per heavy atom. The lowest BCUT2D eigenvalue weighted by atomic mass is 9.79. The number of hydrogen-bond acceptors (Lipinski definition) is 8. The van der Waals surface area contributed by atoms with Crippen LogP contribution in [0.25, 0.3) is 6.08 Å². The molecule has 4 bridgehead atoms. The average Bonchev–Trinajstić information content (AvgIpc) is 4.04. The average molecular weight is 593 g/mol. The maximum atomic E-state index is 5.78. The fourth-order valence-corrected chi connectivity index (χ4v) is 8.89. The van der Waals surface area contributed by atoms with E-state index in [9.17, 15) is 0 Å². The van der Waals surface area contributed by atoms with E-state index in [2.05, 4.69) is 78.9 Å². The number of hydrogen-bond donors (Lipinski definition) is 0. The van der Waals surface area contributed by atoms with Crippen LogP contribution in [0.1, 0.15) is 30.4 Å². The van der Waals surface area contributed by atoms with Crippen molar-refractivity contribution in [1.29, 1.82) is 0 Å². The van der Waals surface area contributed by atoms with Crippen LogP contribution in [-0.2, 0) is 44.9 Å². The van der Waals surface area contributed by atoms with E-state index in [0.29, 0.717) is 24.4 Å². The minimum atomic E-state index is -0.406. The molecule has 1 aromatic carbocycles. The van der Waals surface area contributed by atoms with Crippen molar-refractivity contribution in [2.24, 2.45) is 0 Å². The van der Waals surface area contributed by atoms with Crippen LogP contribution in [0.15, 0.2) is 102 Å². The Bertz CT molecular complexity index is 1690. The molecule has 0 amide bonds. The Kier molecular flexibility index (Phi) is 4.86. The molecular formula is C36H32O8. The fraction of sp³-hybridized carbons (Fsp3) is 0.444. The lowest BCUT2D eigenvalue weighted by Crippen LogP contribution is -2.57. The molecule has 15 rings (SSSR count). The Labute approximate surface area is 254 Å². The number of ether oxygens (including phenoxy) is 4. The molecule has 8 nitrogen and oxygen atoms in total. The van der Waals surface area contributed by atoms with Crippen molar-refractivity contribution in [2.75, 3.05) is 0 Å². The third-order valence-electron chi connectivity index (χ3n) is 11.3. The number of allylic oxidation sites excluding steroid dienone is 5. The van der Waals surface area contributed by atoms with Gasteiger partial charge in [0, 0.05) is 19.3 Å². The molecule has 224 valence electrons. The molecule has 6 saturated heterocycles. The van der Waals surface area contributed by atoms with Crippen LogP contribution >= 0.6 is 0 Å². The number of epoxide rings is 4. The van der Waals surface area contributed by atoms with Gasteiger partial charge in [0.1, 0.15) is 53.4 Å². The predicted octanol–water partition coefficient (Wildman–Crippen LogP) is 4.49. The predicted molar refractivity (Wildman–Crippen MR) is 156 cm³/mol. The van der Waals surface area contributed by atoms with Crippen molar-refractivity contribution < 1.29 is 38.5 Å². The van der Waals surface area contributed by atoms with Crippen LogP contribution in [0.5, 0.6) is 0 Å². The van der Waals surface area contributed by atoms with Gasteiger partial charge in [-0.15, -0.1) is 0 Å². The minimum absolute atomic E-state index is 0.0133. The van der Waals surface area contributed by atoms with Gasteiger partial charge in [0.05, 0.1) is 12.2 Å². The summed E-state index contributed by atoms with van der Waals surface area (Å²) in [5, 5.41) is 0. The molecule has 12 atom stereocenters. The fourth-order valence-electron chi connectivity index (χ4n) is 8.89. The zero-order valence-corrected chi connectivity index (χ0v) is 24.0. The summed E-state index contributed by atoms with van der Waals surface area (Å²) in [6, 6.07) is 8.49. The lowest BCUT2D eigenvalue weighted by Gasteiger charge is -2.39. The largest absolute Gasteiger partial charge is 0.366 e. The van der Waals surface area contributed by atoms with Crippen LogP contribution in [0, 0.1) is 0 Å². The van der Waals surface area contributed by atoms with Gasteiger partial charge in [0.2, 0.25) is 0 Å². The first-order valence-corrected chi connectivity index (χ1v) is 15.9. The first-order chi connectivity index (χ1) is 21.6. The molecular weight excluding hydrogens is 560 g/mol. The van der Waals surface area contributed by atoms with Crippen molar-refractivity contribution in [3.05, 3.63) is 113 Å². The van der Waals surface area contributed by atoms with Gasteiger partial charge < -0.3 is 18.9 Å². The smallest absolute Gasteiger partial charge is 0.182 e. The molecule has 2 saturated carbocycles. The molecule has 0 N–H and O–H groups in total. The highest BCUT2D eigenvalue weighted by Gasteiger charge is 2.88. The van der Waals surface area contributed by atoms with E-state index in [1.165, 1.54) is 22.3 Å². The molecule has 7 aliphatic carbocycles. The van der Waals surface area contributed by atoms with Crippen LogP contribution in [-0.4, -0.2) is 71.2 Å². The Hall–Kier alpha value is -2.92. The van der Waals surface area contributed by atoms with E-state index in [1.54, 1.807) is 0 Å². The second kappa shape index (κ2) is 8.46. The van der Waals surface area contributed by atoms with Crippen molar-refractivity contribution in [3.8, 4) is 0 Å². The first kappa shape index (κ1) is 25.3. The molecule has 4 spiro atoms. The van der Waals surface area contributed by atoms with Gasteiger partial charge in [-0.25, -0.2) is 19.6 Å². The van der Waals surface area contributed by atoms with Crippen molar-refractivity contribution in [1.82, 2.24) is 0 Å². The monoisotopic (exact) mass is 592 g/mol. The highest BCUT2D eigenvalue weighted by molar-refractivity contribution is 5.59. The first-order valence-electron chi connectivity index (χ1n) is 15.9. The maximum Gasteiger partial charge on any atom is 0.182 e.